The summed E-state index contributed by atoms with van der Waals surface area (Å²) in [5, 5.41) is 19.1. The minimum atomic E-state index is -1.03. The summed E-state index contributed by atoms with van der Waals surface area (Å²) in [5.74, 6) is -1.03. The summed E-state index contributed by atoms with van der Waals surface area (Å²) in [6.45, 7) is 0. The molecule has 0 heterocycles. The molecular formula is C14H20N2O3. The molecule has 0 spiro atoms. The number of anilines is 2. The van der Waals surface area contributed by atoms with Crippen LogP contribution in [0.1, 0.15) is 36.0 Å². The maximum absolute atomic E-state index is 11.1. The smallest absolute Gasteiger partial charge is 0.337 e. The van der Waals surface area contributed by atoms with Crippen LogP contribution < -0.4 is 10.6 Å². The van der Waals surface area contributed by atoms with E-state index in [0.717, 1.165) is 31.4 Å². The van der Waals surface area contributed by atoms with Gasteiger partial charge in [-0.15, -0.1) is 0 Å². The van der Waals surface area contributed by atoms with Crippen molar-refractivity contribution in [3.63, 3.8) is 0 Å². The number of benzene rings is 1. The van der Waals surface area contributed by atoms with Crippen LogP contribution >= 0.6 is 0 Å². The van der Waals surface area contributed by atoms with Gasteiger partial charge in [-0.1, -0.05) is 12.8 Å². The third kappa shape index (κ3) is 2.81. The molecule has 0 radical (unpaired) electrons. The Morgan fingerprint density at radius 1 is 1.37 bits per heavy atom. The number of aliphatic hydroxyl groups excluding tert-OH is 1. The van der Waals surface area contributed by atoms with Gasteiger partial charge in [-0.3, -0.25) is 0 Å². The van der Waals surface area contributed by atoms with Gasteiger partial charge < -0.3 is 20.8 Å². The summed E-state index contributed by atoms with van der Waals surface area (Å²) in [6, 6.07) is 5.01. The molecule has 104 valence electrons. The molecule has 5 heteroatoms. The second-order valence-corrected chi connectivity index (χ2v) is 5.11. The molecular weight excluding hydrogens is 244 g/mol. The van der Waals surface area contributed by atoms with Crippen LogP contribution in [0.5, 0.6) is 0 Å². The van der Waals surface area contributed by atoms with Crippen LogP contribution in [0.4, 0.5) is 11.4 Å². The van der Waals surface area contributed by atoms with Crippen molar-refractivity contribution in [2.45, 2.75) is 37.8 Å². The highest BCUT2D eigenvalue weighted by Crippen LogP contribution is 2.28. The van der Waals surface area contributed by atoms with Crippen molar-refractivity contribution in [3.05, 3.63) is 23.8 Å². The fraction of sp³-hybridized carbons (Fsp3) is 0.500. The van der Waals surface area contributed by atoms with E-state index in [9.17, 15) is 9.90 Å². The summed E-state index contributed by atoms with van der Waals surface area (Å²) >= 11 is 0. The van der Waals surface area contributed by atoms with E-state index in [2.05, 4.69) is 0 Å². The van der Waals surface area contributed by atoms with Gasteiger partial charge in [0, 0.05) is 18.4 Å². The molecule has 1 fully saturated rings. The summed E-state index contributed by atoms with van der Waals surface area (Å²) < 4.78 is 0. The van der Waals surface area contributed by atoms with E-state index in [0.29, 0.717) is 0 Å². The number of aliphatic hydroxyl groups is 1. The zero-order valence-electron chi connectivity index (χ0n) is 11.0. The summed E-state index contributed by atoms with van der Waals surface area (Å²) in [4.78, 5) is 13.0. The third-order valence-electron chi connectivity index (χ3n) is 3.87. The van der Waals surface area contributed by atoms with Crippen LogP contribution in [0.2, 0.25) is 0 Å². The van der Waals surface area contributed by atoms with Crippen LogP contribution in [-0.4, -0.2) is 35.4 Å². The first-order chi connectivity index (χ1) is 9.00. The molecule has 0 saturated heterocycles. The molecule has 1 aliphatic rings. The molecule has 2 rings (SSSR count). The predicted molar refractivity (Wildman–Crippen MR) is 74.5 cm³/mol. The molecule has 0 aromatic heterocycles. The van der Waals surface area contributed by atoms with Gasteiger partial charge in [0.05, 0.1) is 17.7 Å². The van der Waals surface area contributed by atoms with Gasteiger partial charge in [-0.05, 0) is 31.0 Å². The quantitative estimate of drug-likeness (QED) is 0.723. The lowest BCUT2D eigenvalue weighted by Crippen LogP contribution is -2.43. The van der Waals surface area contributed by atoms with Gasteiger partial charge in [0.2, 0.25) is 0 Å². The fourth-order valence-corrected chi connectivity index (χ4v) is 2.68. The molecule has 5 nitrogen and oxygen atoms in total. The van der Waals surface area contributed by atoms with E-state index in [1.54, 1.807) is 18.2 Å². The number of hydrogen-bond acceptors (Lipinski definition) is 4. The van der Waals surface area contributed by atoms with Crippen molar-refractivity contribution in [2.75, 3.05) is 17.7 Å². The first kappa shape index (κ1) is 13.7. The van der Waals surface area contributed by atoms with E-state index in [4.69, 9.17) is 10.8 Å². The zero-order chi connectivity index (χ0) is 14.0. The van der Waals surface area contributed by atoms with Crippen LogP contribution in [0.15, 0.2) is 18.2 Å². The molecule has 1 saturated carbocycles. The molecule has 0 amide bonds. The van der Waals surface area contributed by atoms with Gasteiger partial charge in [0.25, 0.3) is 0 Å². The van der Waals surface area contributed by atoms with E-state index in [1.165, 1.54) is 0 Å². The molecule has 19 heavy (non-hydrogen) atoms. The SMILES string of the molecule is CN(c1ccc(N)c(C(=O)O)c1)C1CCCCC1O. The average molecular weight is 264 g/mol. The van der Waals surface area contributed by atoms with E-state index >= 15 is 0 Å². The number of nitrogen functional groups attached to an aromatic ring is 1. The number of rotatable bonds is 3. The summed E-state index contributed by atoms with van der Waals surface area (Å²) in [6.07, 6.45) is 3.50. The Labute approximate surface area is 112 Å². The highest BCUT2D eigenvalue weighted by molar-refractivity contribution is 5.94. The first-order valence-corrected chi connectivity index (χ1v) is 6.54. The number of likely N-dealkylation sites (N-methyl/N-ethyl adjacent to an activating group) is 1. The monoisotopic (exact) mass is 264 g/mol. The van der Waals surface area contributed by atoms with Crippen LogP contribution in [0.3, 0.4) is 0 Å². The lowest BCUT2D eigenvalue weighted by atomic mass is 9.91. The zero-order valence-corrected chi connectivity index (χ0v) is 11.0. The maximum atomic E-state index is 11.1. The highest BCUT2D eigenvalue weighted by atomic mass is 16.4. The number of nitrogens with zero attached hydrogens (tertiary/aromatic N) is 1. The number of nitrogens with two attached hydrogens (primary N) is 1. The van der Waals surface area contributed by atoms with Crippen molar-refractivity contribution < 1.29 is 15.0 Å². The summed E-state index contributed by atoms with van der Waals surface area (Å²) in [7, 11) is 1.89. The Morgan fingerprint density at radius 2 is 2.05 bits per heavy atom. The molecule has 2 unspecified atom stereocenters. The largest absolute Gasteiger partial charge is 0.478 e. The maximum Gasteiger partial charge on any atom is 0.337 e. The Hall–Kier alpha value is -1.75. The van der Waals surface area contributed by atoms with Gasteiger partial charge in [-0.2, -0.15) is 0 Å². The van der Waals surface area contributed by atoms with Gasteiger partial charge in [0.15, 0.2) is 0 Å². The molecule has 0 bridgehead atoms. The Kier molecular flexibility index (Phi) is 3.95. The Morgan fingerprint density at radius 3 is 2.68 bits per heavy atom. The van der Waals surface area contributed by atoms with Crippen molar-refractivity contribution in [1.82, 2.24) is 0 Å². The van der Waals surface area contributed by atoms with Gasteiger partial charge >= 0.3 is 5.97 Å². The molecule has 1 aliphatic carbocycles. The van der Waals surface area contributed by atoms with E-state index in [1.807, 2.05) is 11.9 Å². The molecule has 1 aromatic rings. The first-order valence-electron chi connectivity index (χ1n) is 6.54. The standard InChI is InChI=1S/C14H20N2O3/c1-16(12-4-2-3-5-13(12)17)9-6-7-11(15)10(8-9)14(18)19/h6-8,12-13,17H,2-5,15H2,1H3,(H,18,19). The number of carbonyl (C=O) groups is 1. The number of carboxylic acid groups (broad SMARTS) is 1. The Bertz CT molecular complexity index is 476. The van der Waals surface area contributed by atoms with Crippen LogP contribution in [0, 0.1) is 0 Å². The van der Waals surface area contributed by atoms with Crippen molar-refractivity contribution in [2.24, 2.45) is 0 Å². The second kappa shape index (κ2) is 5.48. The second-order valence-electron chi connectivity index (χ2n) is 5.11. The van der Waals surface area contributed by atoms with Crippen molar-refractivity contribution in [1.29, 1.82) is 0 Å². The summed E-state index contributed by atoms with van der Waals surface area (Å²) in [5.41, 5.74) is 6.79. The van der Waals surface area contributed by atoms with Crippen LogP contribution in [0.25, 0.3) is 0 Å². The van der Waals surface area contributed by atoms with Crippen LogP contribution in [-0.2, 0) is 0 Å². The topological polar surface area (TPSA) is 86.8 Å². The molecule has 1 aromatic carbocycles. The highest BCUT2D eigenvalue weighted by Gasteiger charge is 2.27. The minimum absolute atomic E-state index is 0.0408. The van der Waals surface area contributed by atoms with Gasteiger partial charge in [-0.25, -0.2) is 4.79 Å². The van der Waals surface area contributed by atoms with Crippen molar-refractivity contribution in [3.8, 4) is 0 Å². The Balaban J connectivity index is 2.25. The van der Waals surface area contributed by atoms with Crippen molar-refractivity contribution >= 4 is 17.3 Å². The predicted octanol–water partition coefficient (Wildman–Crippen LogP) is 1.71. The molecule has 0 aliphatic heterocycles. The minimum Gasteiger partial charge on any atom is -0.478 e. The molecule has 4 N–H and O–H groups in total. The number of hydrogen-bond donors (Lipinski definition) is 3. The fourth-order valence-electron chi connectivity index (χ4n) is 2.68. The average Bonchev–Trinajstić information content (AvgIpc) is 2.38. The van der Waals surface area contributed by atoms with E-state index < -0.39 is 5.97 Å². The van der Waals surface area contributed by atoms with E-state index in [-0.39, 0.29) is 23.4 Å². The lowest BCUT2D eigenvalue weighted by Gasteiger charge is -2.36. The number of carboxylic acids is 1. The molecule has 2 atom stereocenters. The lowest BCUT2D eigenvalue weighted by molar-refractivity contribution is 0.0698. The number of aromatic carboxylic acids is 1. The normalized spacial score (nSPS) is 23.1. The third-order valence-corrected chi connectivity index (χ3v) is 3.87. The van der Waals surface area contributed by atoms with Gasteiger partial charge in [0.1, 0.15) is 0 Å².